The van der Waals surface area contributed by atoms with Crippen molar-refractivity contribution in [2.24, 2.45) is 0 Å². The van der Waals surface area contributed by atoms with Crippen LogP contribution in [0.5, 0.6) is 5.75 Å². The topological polar surface area (TPSA) is 58.6 Å². The second-order valence-corrected chi connectivity index (χ2v) is 8.18. The molecule has 5 nitrogen and oxygen atoms in total. The molecule has 0 saturated heterocycles. The summed E-state index contributed by atoms with van der Waals surface area (Å²) in [7, 11) is 0. The third-order valence-corrected chi connectivity index (χ3v) is 6.15. The van der Waals surface area contributed by atoms with Gasteiger partial charge in [-0.2, -0.15) is 0 Å². The van der Waals surface area contributed by atoms with E-state index in [1.807, 2.05) is 70.2 Å². The summed E-state index contributed by atoms with van der Waals surface area (Å²) in [4.78, 5) is 27.5. The van der Waals surface area contributed by atoms with Crippen molar-refractivity contribution in [3.8, 4) is 5.75 Å². The Morgan fingerprint density at radius 1 is 1.10 bits per heavy atom. The highest BCUT2D eigenvalue weighted by atomic mass is 79.9. The molecule has 0 spiro atoms. The zero-order valence-corrected chi connectivity index (χ0v) is 19.8. The Hall–Kier alpha value is -2.34. The number of rotatable bonds is 10. The predicted molar refractivity (Wildman–Crippen MR) is 123 cm³/mol. The van der Waals surface area contributed by atoms with E-state index in [4.69, 9.17) is 4.74 Å². The third kappa shape index (κ3) is 6.59. The summed E-state index contributed by atoms with van der Waals surface area (Å²) in [6.07, 6.45) is 1.38. The molecule has 1 atom stereocenters. The zero-order chi connectivity index (χ0) is 22.1. The van der Waals surface area contributed by atoms with Gasteiger partial charge in [0.1, 0.15) is 11.8 Å². The first-order valence-electron chi connectivity index (χ1n) is 10.4. The number of ether oxygens (including phenoxy) is 1. The molecule has 162 valence electrons. The molecule has 0 aliphatic heterocycles. The van der Waals surface area contributed by atoms with Crippen molar-refractivity contribution in [2.75, 3.05) is 13.2 Å². The first kappa shape index (κ1) is 23.9. The highest BCUT2D eigenvalue weighted by molar-refractivity contribution is 9.10. The molecule has 0 aliphatic rings. The average molecular weight is 475 g/mol. The number of hydrogen-bond donors (Lipinski definition) is 1. The van der Waals surface area contributed by atoms with Crippen molar-refractivity contribution in [1.82, 2.24) is 10.2 Å². The fraction of sp³-hybridized carbons (Fsp3) is 0.417. The smallest absolute Gasteiger partial charge is 0.261 e. The standard InChI is InChI=1S/C24H31BrN2O3/c1-5-12-26-24(29)21(6-2)27(15-19-10-8-7-9-11-19)22(28)16-30-20-13-17(3)23(25)18(4)14-20/h7-11,13-14,21H,5-6,12,15-16H2,1-4H3,(H,26,29). The first-order valence-corrected chi connectivity index (χ1v) is 11.2. The van der Waals surface area contributed by atoms with Crippen molar-refractivity contribution in [3.05, 3.63) is 63.6 Å². The van der Waals surface area contributed by atoms with E-state index in [2.05, 4.69) is 21.2 Å². The van der Waals surface area contributed by atoms with E-state index in [9.17, 15) is 9.59 Å². The Labute approximate surface area is 187 Å². The van der Waals surface area contributed by atoms with Crippen molar-refractivity contribution in [2.45, 2.75) is 53.1 Å². The maximum Gasteiger partial charge on any atom is 0.261 e. The highest BCUT2D eigenvalue weighted by Gasteiger charge is 2.28. The minimum absolute atomic E-state index is 0.120. The molecule has 0 heterocycles. The summed E-state index contributed by atoms with van der Waals surface area (Å²) in [6.45, 7) is 8.73. The molecule has 0 bridgehead atoms. The van der Waals surface area contributed by atoms with E-state index in [1.165, 1.54) is 0 Å². The van der Waals surface area contributed by atoms with Gasteiger partial charge in [0.25, 0.3) is 5.91 Å². The molecule has 0 radical (unpaired) electrons. The fourth-order valence-corrected chi connectivity index (χ4v) is 3.51. The maximum absolute atomic E-state index is 13.1. The molecule has 6 heteroatoms. The lowest BCUT2D eigenvalue weighted by atomic mass is 10.1. The van der Waals surface area contributed by atoms with Crippen LogP contribution in [0, 0.1) is 13.8 Å². The van der Waals surface area contributed by atoms with Crippen LogP contribution in [0.4, 0.5) is 0 Å². The summed E-state index contributed by atoms with van der Waals surface area (Å²) < 4.78 is 6.85. The Morgan fingerprint density at radius 2 is 1.73 bits per heavy atom. The van der Waals surface area contributed by atoms with Crippen molar-refractivity contribution < 1.29 is 14.3 Å². The quantitative estimate of drug-likeness (QED) is 0.538. The molecule has 1 unspecified atom stereocenters. The number of benzene rings is 2. The number of carbonyl (C=O) groups excluding carboxylic acids is 2. The van der Waals surface area contributed by atoms with Gasteiger partial charge in [0, 0.05) is 17.6 Å². The number of carbonyl (C=O) groups is 2. The number of nitrogens with zero attached hydrogens (tertiary/aromatic N) is 1. The summed E-state index contributed by atoms with van der Waals surface area (Å²) in [6, 6.07) is 13.0. The summed E-state index contributed by atoms with van der Waals surface area (Å²) in [5.41, 5.74) is 3.07. The van der Waals surface area contributed by atoms with Crippen LogP contribution >= 0.6 is 15.9 Å². The molecule has 30 heavy (non-hydrogen) atoms. The van der Waals surface area contributed by atoms with Crippen LogP contribution in [-0.4, -0.2) is 35.9 Å². The summed E-state index contributed by atoms with van der Waals surface area (Å²) >= 11 is 3.54. The minimum Gasteiger partial charge on any atom is -0.484 e. The van der Waals surface area contributed by atoms with Crippen LogP contribution in [0.25, 0.3) is 0 Å². The van der Waals surface area contributed by atoms with Gasteiger partial charge in [-0.3, -0.25) is 9.59 Å². The van der Waals surface area contributed by atoms with Gasteiger partial charge in [-0.05, 0) is 55.5 Å². The maximum atomic E-state index is 13.1. The Kier molecular flexibility index (Phi) is 9.37. The first-order chi connectivity index (χ1) is 14.4. The van der Waals surface area contributed by atoms with E-state index in [0.717, 1.165) is 27.6 Å². The molecule has 0 saturated carbocycles. The molecule has 2 aromatic rings. The summed E-state index contributed by atoms with van der Waals surface area (Å²) in [5.74, 6) is 0.305. The van der Waals surface area contributed by atoms with Gasteiger partial charge >= 0.3 is 0 Å². The number of amides is 2. The van der Waals surface area contributed by atoms with Crippen molar-refractivity contribution >= 4 is 27.7 Å². The van der Waals surface area contributed by atoms with Gasteiger partial charge in [0.05, 0.1) is 0 Å². The Bertz CT molecular complexity index is 832. The predicted octanol–water partition coefficient (Wildman–Crippen LogP) is 4.78. The molecule has 0 aromatic heterocycles. The lowest BCUT2D eigenvalue weighted by Gasteiger charge is -2.30. The monoisotopic (exact) mass is 474 g/mol. The van der Waals surface area contributed by atoms with Crippen LogP contribution in [0.3, 0.4) is 0 Å². The van der Waals surface area contributed by atoms with Crippen molar-refractivity contribution in [1.29, 1.82) is 0 Å². The van der Waals surface area contributed by atoms with E-state index in [1.54, 1.807) is 4.90 Å². The average Bonchev–Trinajstić information content (AvgIpc) is 2.74. The highest BCUT2D eigenvalue weighted by Crippen LogP contribution is 2.26. The van der Waals surface area contributed by atoms with Gasteiger partial charge < -0.3 is 15.0 Å². The lowest BCUT2D eigenvalue weighted by Crippen LogP contribution is -2.50. The molecule has 2 amide bonds. The molecule has 2 aromatic carbocycles. The van der Waals surface area contributed by atoms with E-state index >= 15 is 0 Å². The van der Waals surface area contributed by atoms with E-state index in [-0.39, 0.29) is 18.4 Å². The number of aryl methyl sites for hydroxylation is 2. The molecule has 0 fully saturated rings. The lowest BCUT2D eigenvalue weighted by molar-refractivity contribution is -0.143. The molecule has 1 N–H and O–H groups in total. The fourth-order valence-electron chi connectivity index (χ4n) is 3.28. The molecular formula is C24H31BrN2O3. The van der Waals surface area contributed by atoms with E-state index in [0.29, 0.717) is 25.3 Å². The second kappa shape index (κ2) is 11.7. The van der Waals surface area contributed by atoms with E-state index < -0.39 is 6.04 Å². The Balaban J connectivity index is 2.19. The van der Waals surface area contributed by atoms with Crippen molar-refractivity contribution in [3.63, 3.8) is 0 Å². The van der Waals surface area contributed by atoms with Crippen LogP contribution in [0.2, 0.25) is 0 Å². The molecule has 2 rings (SSSR count). The van der Waals surface area contributed by atoms with Crippen LogP contribution in [-0.2, 0) is 16.1 Å². The van der Waals surface area contributed by atoms with Gasteiger partial charge in [-0.1, -0.05) is 60.1 Å². The number of hydrogen-bond acceptors (Lipinski definition) is 3. The Morgan fingerprint density at radius 3 is 2.30 bits per heavy atom. The largest absolute Gasteiger partial charge is 0.484 e. The second-order valence-electron chi connectivity index (χ2n) is 7.38. The van der Waals surface area contributed by atoms with Gasteiger partial charge in [0.15, 0.2) is 6.61 Å². The molecule has 0 aliphatic carbocycles. The third-order valence-electron chi connectivity index (χ3n) is 4.90. The normalized spacial score (nSPS) is 11.6. The van der Waals surface area contributed by atoms with Crippen LogP contribution < -0.4 is 10.1 Å². The van der Waals surface area contributed by atoms with Crippen LogP contribution in [0.15, 0.2) is 46.9 Å². The van der Waals surface area contributed by atoms with Gasteiger partial charge in [-0.15, -0.1) is 0 Å². The number of halogens is 1. The summed E-state index contributed by atoms with van der Waals surface area (Å²) in [5, 5.41) is 2.92. The zero-order valence-electron chi connectivity index (χ0n) is 18.2. The van der Waals surface area contributed by atoms with Gasteiger partial charge in [0.2, 0.25) is 5.91 Å². The van der Waals surface area contributed by atoms with Crippen LogP contribution in [0.1, 0.15) is 43.4 Å². The van der Waals surface area contributed by atoms with Gasteiger partial charge in [-0.25, -0.2) is 0 Å². The molecular weight excluding hydrogens is 444 g/mol. The minimum atomic E-state index is -0.541. The number of nitrogens with one attached hydrogen (secondary N) is 1. The SMILES string of the molecule is CCCNC(=O)C(CC)N(Cc1ccccc1)C(=O)COc1cc(C)c(Br)c(C)c1.